The van der Waals surface area contributed by atoms with Crippen LogP contribution in [0.4, 0.5) is 8.78 Å². The summed E-state index contributed by atoms with van der Waals surface area (Å²) in [6.45, 7) is 0.880. The average molecular weight is 273 g/mol. The minimum atomic E-state index is -2.85. The number of carboxylic acid groups (broad SMARTS) is 1. The van der Waals surface area contributed by atoms with Gasteiger partial charge >= 0.3 is 12.6 Å². The molecule has 0 aliphatic carbocycles. The summed E-state index contributed by atoms with van der Waals surface area (Å²) < 4.78 is 28.9. The number of carbonyl (C=O) groups is 1. The Kier molecular flexibility index (Phi) is 5.23. The molecule has 0 fully saturated rings. The zero-order valence-electron chi connectivity index (χ0n) is 11.1. The van der Waals surface area contributed by atoms with Crippen molar-refractivity contribution in [3.63, 3.8) is 0 Å². The Hall–Kier alpha value is -1.69. The predicted molar refractivity (Wildman–Crippen MR) is 66.5 cm³/mol. The zero-order chi connectivity index (χ0) is 14.6. The van der Waals surface area contributed by atoms with Gasteiger partial charge in [0.2, 0.25) is 0 Å². The molecule has 6 heteroatoms. The number of nitrogens with zero attached hydrogens (tertiary/aromatic N) is 1. The lowest BCUT2D eigenvalue weighted by Crippen LogP contribution is -2.25. The van der Waals surface area contributed by atoms with Gasteiger partial charge in [0.15, 0.2) is 0 Å². The Bertz CT molecular complexity index is 440. The van der Waals surface area contributed by atoms with Crippen LogP contribution in [0.1, 0.15) is 16.7 Å². The van der Waals surface area contributed by atoms with Gasteiger partial charge in [0.25, 0.3) is 0 Å². The molecule has 0 amide bonds. The number of aryl methyl sites for hydroxylation is 2. The molecular weight excluding hydrogens is 256 g/mol. The van der Waals surface area contributed by atoms with Crippen LogP contribution in [0.15, 0.2) is 12.1 Å². The van der Waals surface area contributed by atoms with Crippen LogP contribution >= 0.6 is 0 Å². The molecule has 1 aromatic rings. The monoisotopic (exact) mass is 273 g/mol. The molecule has 1 N–H and O–H groups in total. The highest BCUT2D eigenvalue weighted by atomic mass is 19.3. The lowest BCUT2D eigenvalue weighted by Gasteiger charge is -2.17. The molecule has 1 aromatic carbocycles. The summed E-state index contributed by atoms with van der Waals surface area (Å²) in [7, 11) is 1.68. The Labute approximate surface area is 110 Å². The van der Waals surface area contributed by atoms with Crippen LogP contribution in [-0.4, -0.2) is 36.2 Å². The first kappa shape index (κ1) is 15.4. The molecule has 0 aromatic heterocycles. The van der Waals surface area contributed by atoms with E-state index in [1.807, 2.05) is 0 Å². The molecule has 0 saturated heterocycles. The number of alkyl halides is 2. The van der Waals surface area contributed by atoms with E-state index < -0.39 is 12.6 Å². The molecule has 0 bridgehead atoms. The van der Waals surface area contributed by atoms with Gasteiger partial charge in [-0.15, -0.1) is 0 Å². The lowest BCUT2D eigenvalue weighted by molar-refractivity contribution is -0.138. The summed E-state index contributed by atoms with van der Waals surface area (Å²) in [6.07, 6.45) is 0. The standard InChI is InChI=1S/C13H17F2NO3/c1-8-4-10(6-16(3)7-11(17)18)5-9(2)12(8)19-13(14)15/h4-5,13H,6-7H2,1-3H3,(H,17,18). The summed E-state index contributed by atoms with van der Waals surface area (Å²) in [5.41, 5.74) is 2.08. The Morgan fingerprint density at radius 1 is 1.37 bits per heavy atom. The molecule has 0 saturated carbocycles. The van der Waals surface area contributed by atoms with E-state index in [1.54, 1.807) is 37.9 Å². The lowest BCUT2D eigenvalue weighted by atomic mass is 10.1. The zero-order valence-corrected chi connectivity index (χ0v) is 11.1. The van der Waals surface area contributed by atoms with Gasteiger partial charge in [-0.3, -0.25) is 9.69 Å². The fourth-order valence-electron chi connectivity index (χ4n) is 2.00. The largest absolute Gasteiger partial charge is 0.480 e. The number of carboxylic acids is 1. The first-order chi connectivity index (χ1) is 8.79. The van der Waals surface area contributed by atoms with Crippen LogP contribution in [-0.2, 0) is 11.3 Å². The maximum atomic E-state index is 12.2. The van der Waals surface area contributed by atoms with Crippen molar-refractivity contribution in [2.75, 3.05) is 13.6 Å². The van der Waals surface area contributed by atoms with Crippen LogP contribution in [0.25, 0.3) is 0 Å². The van der Waals surface area contributed by atoms with Crippen LogP contribution < -0.4 is 4.74 Å². The van der Waals surface area contributed by atoms with E-state index in [-0.39, 0.29) is 12.3 Å². The van der Waals surface area contributed by atoms with Crippen LogP contribution in [0.5, 0.6) is 5.75 Å². The Morgan fingerprint density at radius 2 is 1.89 bits per heavy atom. The van der Waals surface area contributed by atoms with E-state index in [1.165, 1.54) is 0 Å². The number of rotatable bonds is 6. The van der Waals surface area contributed by atoms with Crippen molar-refractivity contribution in [1.82, 2.24) is 4.90 Å². The van der Waals surface area contributed by atoms with E-state index in [4.69, 9.17) is 5.11 Å². The first-order valence-electron chi connectivity index (χ1n) is 5.75. The van der Waals surface area contributed by atoms with Crippen LogP contribution in [0.2, 0.25) is 0 Å². The van der Waals surface area contributed by atoms with E-state index in [0.29, 0.717) is 17.7 Å². The second-order valence-corrected chi connectivity index (χ2v) is 4.50. The van der Waals surface area contributed by atoms with Crippen molar-refractivity contribution in [2.24, 2.45) is 0 Å². The fraction of sp³-hybridized carbons (Fsp3) is 0.462. The number of ether oxygens (including phenoxy) is 1. The van der Waals surface area contributed by atoms with Gasteiger partial charge in [0, 0.05) is 6.54 Å². The summed E-state index contributed by atoms with van der Waals surface area (Å²) >= 11 is 0. The van der Waals surface area contributed by atoms with E-state index in [2.05, 4.69) is 4.74 Å². The van der Waals surface area contributed by atoms with E-state index in [9.17, 15) is 13.6 Å². The molecule has 0 unspecified atom stereocenters. The summed E-state index contributed by atoms with van der Waals surface area (Å²) in [5, 5.41) is 8.67. The highest BCUT2D eigenvalue weighted by molar-refractivity contribution is 5.69. The average Bonchev–Trinajstić information content (AvgIpc) is 2.21. The van der Waals surface area contributed by atoms with E-state index >= 15 is 0 Å². The number of halogens is 2. The van der Waals surface area contributed by atoms with Crippen molar-refractivity contribution < 1.29 is 23.4 Å². The third kappa shape index (κ3) is 4.82. The van der Waals surface area contributed by atoms with Crippen molar-refractivity contribution >= 4 is 5.97 Å². The SMILES string of the molecule is Cc1cc(CN(C)CC(=O)O)cc(C)c1OC(F)F. The van der Waals surface area contributed by atoms with Gasteiger partial charge in [-0.05, 0) is 37.6 Å². The number of hydrogen-bond acceptors (Lipinski definition) is 3. The molecule has 0 aliphatic heterocycles. The maximum absolute atomic E-state index is 12.2. The maximum Gasteiger partial charge on any atom is 0.387 e. The first-order valence-corrected chi connectivity index (χ1v) is 5.75. The number of aliphatic carboxylic acids is 1. The number of benzene rings is 1. The molecule has 0 radical (unpaired) electrons. The van der Waals surface area contributed by atoms with Gasteiger partial charge in [-0.1, -0.05) is 12.1 Å². The fourth-order valence-corrected chi connectivity index (χ4v) is 2.00. The topological polar surface area (TPSA) is 49.8 Å². The van der Waals surface area contributed by atoms with Gasteiger partial charge in [0.1, 0.15) is 5.75 Å². The molecular formula is C13H17F2NO3. The van der Waals surface area contributed by atoms with Gasteiger partial charge < -0.3 is 9.84 Å². The van der Waals surface area contributed by atoms with Crippen molar-refractivity contribution in [3.05, 3.63) is 28.8 Å². The summed E-state index contributed by atoms with van der Waals surface area (Å²) in [4.78, 5) is 12.2. The quantitative estimate of drug-likeness (QED) is 0.864. The van der Waals surface area contributed by atoms with Gasteiger partial charge in [0.05, 0.1) is 6.54 Å². The third-order valence-electron chi connectivity index (χ3n) is 2.58. The molecule has 4 nitrogen and oxygen atoms in total. The summed E-state index contributed by atoms with van der Waals surface area (Å²) in [6, 6.07) is 3.45. The van der Waals surface area contributed by atoms with Crippen LogP contribution in [0.3, 0.4) is 0 Å². The second-order valence-electron chi connectivity index (χ2n) is 4.50. The molecule has 0 spiro atoms. The normalized spacial score (nSPS) is 11.1. The van der Waals surface area contributed by atoms with Crippen molar-refractivity contribution in [1.29, 1.82) is 0 Å². The minimum Gasteiger partial charge on any atom is -0.480 e. The molecule has 0 atom stereocenters. The van der Waals surface area contributed by atoms with Crippen molar-refractivity contribution in [3.8, 4) is 5.75 Å². The van der Waals surface area contributed by atoms with E-state index in [0.717, 1.165) is 5.56 Å². The molecule has 1 rings (SSSR count). The second kappa shape index (κ2) is 6.47. The van der Waals surface area contributed by atoms with Crippen LogP contribution in [0, 0.1) is 13.8 Å². The molecule has 0 heterocycles. The van der Waals surface area contributed by atoms with Crippen molar-refractivity contribution in [2.45, 2.75) is 27.0 Å². The minimum absolute atomic E-state index is 0.0760. The number of hydrogen-bond donors (Lipinski definition) is 1. The smallest absolute Gasteiger partial charge is 0.387 e. The van der Waals surface area contributed by atoms with Gasteiger partial charge in [-0.25, -0.2) is 0 Å². The number of likely N-dealkylation sites (N-methyl/N-ethyl adjacent to an activating group) is 1. The molecule has 19 heavy (non-hydrogen) atoms. The predicted octanol–water partition coefficient (Wildman–Crippen LogP) is 2.42. The Balaban J connectivity index is 2.85. The highest BCUT2D eigenvalue weighted by Gasteiger charge is 2.13. The third-order valence-corrected chi connectivity index (χ3v) is 2.58. The molecule has 106 valence electrons. The summed E-state index contributed by atoms with van der Waals surface area (Å²) in [5.74, 6) is -0.728. The van der Waals surface area contributed by atoms with Gasteiger partial charge in [-0.2, -0.15) is 8.78 Å². The Morgan fingerprint density at radius 3 is 2.32 bits per heavy atom. The highest BCUT2D eigenvalue weighted by Crippen LogP contribution is 2.26. The molecule has 0 aliphatic rings.